The van der Waals surface area contributed by atoms with Gasteiger partial charge in [-0.25, -0.2) is 4.98 Å². The topological polar surface area (TPSA) is 42.0 Å². The Morgan fingerprint density at radius 3 is 2.45 bits per heavy atom. The molecule has 7 heteroatoms. The first-order valence-electron chi connectivity index (χ1n) is 8.76. The number of amides is 1. The highest BCUT2D eigenvalue weighted by atomic mass is 32.1. The van der Waals surface area contributed by atoms with E-state index in [2.05, 4.69) is 10.3 Å². The van der Waals surface area contributed by atoms with Gasteiger partial charge in [-0.3, -0.25) is 4.79 Å². The molecule has 0 fully saturated rings. The Hall–Kier alpha value is -3.19. The zero-order valence-electron chi connectivity index (χ0n) is 15.2. The molecule has 0 radical (unpaired) electrons. The molecule has 0 aliphatic rings. The number of alkyl halides is 3. The highest BCUT2D eigenvalue weighted by Gasteiger charge is 2.30. The number of nitrogens with zero attached hydrogens (tertiary/aromatic N) is 1. The number of benzene rings is 3. The third kappa shape index (κ3) is 4.00. The third-order valence-corrected chi connectivity index (χ3v) is 5.38. The van der Waals surface area contributed by atoms with Gasteiger partial charge in [-0.1, -0.05) is 30.3 Å². The molecular weight excluding hydrogens is 397 g/mol. The second kappa shape index (κ2) is 7.33. The van der Waals surface area contributed by atoms with Crippen LogP contribution < -0.4 is 5.32 Å². The van der Waals surface area contributed by atoms with E-state index in [1.54, 1.807) is 30.3 Å². The number of rotatable bonds is 3. The number of thiazole rings is 1. The molecule has 1 heterocycles. The van der Waals surface area contributed by atoms with Crippen LogP contribution in [0.1, 0.15) is 20.9 Å². The molecule has 0 saturated carbocycles. The molecule has 0 saturated heterocycles. The number of fused-ring (bicyclic) bond motifs is 1. The molecule has 1 N–H and O–H groups in total. The maximum atomic E-state index is 12.9. The summed E-state index contributed by atoms with van der Waals surface area (Å²) < 4.78 is 39.4. The molecule has 0 atom stereocenters. The summed E-state index contributed by atoms with van der Waals surface area (Å²) in [6.07, 6.45) is -4.40. The zero-order valence-corrected chi connectivity index (χ0v) is 16.1. The molecule has 0 spiro atoms. The minimum Gasteiger partial charge on any atom is -0.322 e. The van der Waals surface area contributed by atoms with Gasteiger partial charge in [-0.2, -0.15) is 13.2 Å². The molecule has 29 heavy (non-hydrogen) atoms. The molecular formula is C22H15F3N2OS. The SMILES string of the molecule is Cc1nc2ccc(NC(=O)c3ccccc3-c3ccc(C(F)(F)F)cc3)cc2s1. The Labute approximate surface area is 168 Å². The fraction of sp³-hybridized carbons (Fsp3) is 0.0909. The number of aryl methyl sites for hydroxylation is 1. The van der Waals surface area contributed by atoms with Crippen LogP contribution in [0.5, 0.6) is 0 Å². The molecule has 1 aromatic heterocycles. The molecule has 4 rings (SSSR count). The number of hydrogen-bond acceptors (Lipinski definition) is 3. The van der Waals surface area contributed by atoms with Crippen molar-refractivity contribution in [1.29, 1.82) is 0 Å². The van der Waals surface area contributed by atoms with Crippen molar-refractivity contribution in [2.24, 2.45) is 0 Å². The summed E-state index contributed by atoms with van der Waals surface area (Å²) in [6, 6.07) is 17.1. The van der Waals surface area contributed by atoms with Crippen LogP contribution in [0.4, 0.5) is 18.9 Å². The lowest BCUT2D eigenvalue weighted by Gasteiger charge is -2.12. The largest absolute Gasteiger partial charge is 0.416 e. The van der Waals surface area contributed by atoms with Gasteiger partial charge < -0.3 is 5.32 Å². The Morgan fingerprint density at radius 2 is 1.72 bits per heavy atom. The second-order valence-electron chi connectivity index (χ2n) is 6.49. The summed E-state index contributed by atoms with van der Waals surface area (Å²) in [5, 5.41) is 3.81. The Kier molecular flexibility index (Phi) is 4.84. The van der Waals surface area contributed by atoms with Crippen molar-refractivity contribution in [2.75, 3.05) is 5.32 Å². The average Bonchev–Trinajstić information content (AvgIpc) is 3.06. The Bertz CT molecular complexity index is 1200. The smallest absolute Gasteiger partial charge is 0.322 e. The van der Waals surface area contributed by atoms with Gasteiger partial charge in [0.15, 0.2) is 0 Å². The van der Waals surface area contributed by atoms with Gasteiger partial charge in [0.05, 0.1) is 20.8 Å². The minimum atomic E-state index is -4.40. The quantitative estimate of drug-likeness (QED) is 0.415. The van der Waals surface area contributed by atoms with Crippen LogP contribution in [0.25, 0.3) is 21.3 Å². The number of halogens is 3. The summed E-state index contributed by atoms with van der Waals surface area (Å²) in [6.45, 7) is 1.92. The maximum Gasteiger partial charge on any atom is 0.416 e. The molecule has 0 unspecified atom stereocenters. The minimum absolute atomic E-state index is 0.332. The number of carbonyl (C=O) groups excluding carboxylic acids is 1. The van der Waals surface area contributed by atoms with Crippen molar-refractivity contribution >= 4 is 33.1 Å². The van der Waals surface area contributed by atoms with Crippen molar-refractivity contribution in [2.45, 2.75) is 13.1 Å². The maximum absolute atomic E-state index is 12.9. The van der Waals surface area contributed by atoms with Crippen LogP contribution in [0.3, 0.4) is 0 Å². The van der Waals surface area contributed by atoms with Gasteiger partial charge >= 0.3 is 6.18 Å². The highest BCUT2D eigenvalue weighted by molar-refractivity contribution is 7.18. The van der Waals surface area contributed by atoms with E-state index in [-0.39, 0.29) is 5.91 Å². The van der Waals surface area contributed by atoms with Crippen molar-refractivity contribution in [3.8, 4) is 11.1 Å². The normalized spacial score (nSPS) is 11.6. The number of hydrogen-bond donors (Lipinski definition) is 1. The number of anilines is 1. The zero-order chi connectivity index (χ0) is 20.6. The molecule has 146 valence electrons. The molecule has 3 aromatic carbocycles. The van der Waals surface area contributed by atoms with E-state index in [4.69, 9.17) is 0 Å². The van der Waals surface area contributed by atoms with Crippen LogP contribution in [0.15, 0.2) is 66.7 Å². The van der Waals surface area contributed by atoms with E-state index < -0.39 is 11.7 Å². The van der Waals surface area contributed by atoms with Crippen LogP contribution in [0, 0.1) is 6.92 Å². The summed E-state index contributed by atoms with van der Waals surface area (Å²) in [5.41, 5.74) is 2.26. The summed E-state index contributed by atoms with van der Waals surface area (Å²) in [7, 11) is 0. The van der Waals surface area contributed by atoms with Crippen molar-refractivity contribution in [3.63, 3.8) is 0 Å². The summed E-state index contributed by atoms with van der Waals surface area (Å²) in [4.78, 5) is 17.3. The molecule has 0 bridgehead atoms. The van der Waals surface area contributed by atoms with Gasteiger partial charge in [0.25, 0.3) is 5.91 Å². The molecule has 3 nitrogen and oxygen atoms in total. The monoisotopic (exact) mass is 412 g/mol. The van der Waals surface area contributed by atoms with E-state index in [1.165, 1.54) is 23.5 Å². The fourth-order valence-electron chi connectivity index (χ4n) is 3.09. The van der Waals surface area contributed by atoms with Gasteiger partial charge in [-0.05, 0) is 54.4 Å². The van der Waals surface area contributed by atoms with Gasteiger partial charge in [0, 0.05) is 11.3 Å². The van der Waals surface area contributed by atoms with Crippen LogP contribution >= 0.6 is 11.3 Å². The summed E-state index contributed by atoms with van der Waals surface area (Å²) in [5.74, 6) is -0.332. The van der Waals surface area contributed by atoms with Gasteiger partial charge in [0.2, 0.25) is 0 Å². The molecule has 0 aliphatic carbocycles. The molecule has 4 aromatic rings. The lowest BCUT2D eigenvalue weighted by atomic mass is 9.98. The summed E-state index contributed by atoms with van der Waals surface area (Å²) >= 11 is 1.54. The first-order chi connectivity index (χ1) is 13.8. The van der Waals surface area contributed by atoms with E-state index in [9.17, 15) is 18.0 Å². The highest BCUT2D eigenvalue weighted by Crippen LogP contribution is 2.32. The van der Waals surface area contributed by atoms with E-state index in [0.29, 0.717) is 22.4 Å². The number of aromatic nitrogens is 1. The van der Waals surface area contributed by atoms with Crippen LogP contribution in [-0.4, -0.2) is 10.9 Å². The first-order valence-corrected chi connectivity index (χ1v) is 9.58. The van der Waals surface area contributed by atoms with Gasteiger partial charge in [-0.15, -0.1) is 11.3 Å². The predicted molar refractivity (Wildman–Crippen MR) is 109 cm³/mol. The van der Waals surface area contributed by atoms with E-state index in [0.717, 1.165) is 27.4 Å². The van der Waals surface area contributed by atoms with E-state index in [1.807, 2.05) is 19.1 Å². The fourth-order valence-corrected chi connectivity index (χ4v) is 3.95. The molecule has 0 aliphatic heterocycles. The Balaban J connectivity index is 1.64. The number of nitrogens with one attached hydrogen (secondary N) is 1. The van der Waals surface area contributed by atoms with Crippen LogP contribution in [-0.2, 0) is 6.18 Å². The lowest BCUT2D eigenvalue weighted by Crippen LogP contribution is -2.13. The second-order valence-corrected chi connectivity index (χ2v) is 7.72. The predicted octanol–water partition coefficient (Wildman–Crippen LogP) is 6.54. The number of carbonyl (C=O) groups is 1. The third-order valence-electron chi connectivity index (χ3n) is 4.45. The van der Waals surface area contributed by atoms with Crippen molar-refractivity contribution in [3.05, 3.63) is 82.9 Å². The van der Waals surface area contributed by atoms with Crippen LogP contribution in [0.2, 0.25) is 0 Å². The Morgan fingerprint density at radius 1 is 1.00 bits per heavy atom. The van der Waals surface area contributed by atoms with Crippen molar-refractivity contribution < 1.29 is 18.0 Å². The van der Waals surface area contributed by atoms with E-state index >= 15 is 0 Å². The lowest BCUT2D eigenvalue weighted by molar-refractivity contribution is -0.137. The molecule has 1 amide bonds. The standard InChI is InChI=1S/C22H15F3N2OS/c1-13-26-19-11-10-16(12-20(19)29-13)27-21(28)18-5-3-2-4-17(18)14-6-8-15(9-7-14)22(23,24)25/h2-12H,1H3,(H,27,28). The average molecular weight is 412 g/mol. The first kappa shape index (κ1) is 19.1. The van der Waals surface area contributed by atoms with Crippen molar-refractivity contribution in [1.82, 2.24) is 4.98 Å². The van der Waals surface area contributed by atoms with Gasteiger partial charge in [0.1, 0.15) is 0 Å².